The summed E-state index contributed by atoms with van der Waals surface area (Å²) in [5.41, 5.74) is 3.51. The van der Waals surface area contributed by atoms with Gasteiger partial charge in [0.15, 0.2) is 0 Å². The molecule has 3 heterocycles. The summed E-state index contributed by atoms with van der Waals surface area (Å²) in [4.78, 5) is 23.8. The van der Waals surface area contributed by atoms with Gasteiger partial charge in [0.05, 0.1) is 30.7 Å². The molecule has 7 heteroatoms. The van der Waals surface area contributed by atoms with Crippen molar-refractivity contribution in [3.05, 3.63) is 48.3 Å². The number of benzene rings is 1. The smallest absolute Gasteiger partial charge is 0.257 e. The fraction of sp³-hybridized carbons (Fsp3) is 0.429. The van der Waals surface area contributed by atoms with Gasteiger partial charge in [0, 0.05) is 56.8 Å². The number of anilines is 3. The van der Waals surface area contributed by atoms with E-state index in [1.54, 1.807) is 12.4 Å². The molecule has 1 N–H and O–H groups in total. The number of carbonyl (C=O) groups excluding carboxylic acids is 1. The standard InChI is InChI=1S/C21H27N5O2/c1-24-6-8-25(9-7-24)19-4-2-18(3-5-19)23-21(27)17-14-20(16-22-15-17)26-10-12-28-13-11-26/h2-5,14-16H,6-13H2,1H3,(H,23,27). The minimum atomic E-state index is -0.144. The number of pyridine rings is 1. The summed E-state index contributed by atoms with van der Waals surface area (Å²) >= 11 is 0. The lowest BCUT2D eigenvalue weighted by atomic mass is 10.2. The quantitative estimate of drug-likeness (QED) is 0.873. The summed E-state index contributed by atoms with van der Waals surface area (Å²) in [7, 11) is 2.15. The molecule has 4 rings (SSSR count). The van der Waals surface area contributed by atoms with Crippen LogP contribution >= 0.6 is 0 Å². The zero-order valence-electron chi connectivity index (χ0n) is 16.3. The molecule has 0 unspecified atom stereocenters. The largest absolute Gasteiger partial charge is 0.378 e. The van der Waals surface area contributed by atoms with Crippen molar-refractivity contribution in [1.82, 2.24) is 9.88 Å². The SMILES string of the molecule is CN1CCN(c2ccc(NC(=O)c3cncc(N4CCOCC4)c3)cc2)CC1. The third kappa shape index (κ3) is 4.43. The van der Waals surface area contributed by atoms with Crippen molar-refractivity contribution in [3.63, 3.8) is 0 Å². The van der Waals surface area contributed by atoms with Crippen LogP contribution in [0.3, 0.4) is 0 Å². The number of hydrogen-bond acceptors (Lipinski definition) is 6. The molecule has 28 heavy (non-hydrogen) atoms. The van der Waals surface area contributed by atoms with E-state index in [0.717, 1.165) is 50.6 Å². The maximum absolute atomic E-state index is 12.7. The molecule has 1 amide bonds. The van der Waals surface area contributed by atoms with Gasteiger partial charge in [0.2, 0.25) is 0 Å². The van der Waals surface area contributed by atoms with Gasteiger partial charge in [-0.05, 0) is 37.4 Å². The second kappa shape index (κ2) is 8.58. The number of piperazine rings is 1. The Kier molecular flexibility index (Phi) is 5.73. The van der Waals surface area contributed by atoms with Crippen molar-refractivity contribution in [3.8, 4) is 0 Å². The monoisotopic (exact) mass is 381 g/mol. The molecule has 2 aromatic rings. The van der Waals surface area contributed by atoms with Crippen molar-refractivity contribution in [1.29, 1.82) is 0 Å². The van der Waals surface area contributed by atoms with E-state index in [1.165, 1.54) is 5.69 Å². The van der Waals surface area contributed by atoms with E-state index in [0.29, 0.717) is 18.8 Å². The topological polar surface area (TPSA) is 60.9 Å². The first-order chi connectivity index (χ1) is 13.7. The van der Waals surface area contributed by atoms with Crippen LogP contribution < -0.4 is 15.1 Å². The van der Waals surface area contributed by atoms with Crippen molar-refractivity contribution in [2.45, 2.75) is 0 Å². The molecule has 0 bridgehead atoms. The highest BCUT2D eigenvalue weighted by Gasteiger charge is 2.16. The number of aromatic nitrogens is 1. The number of carbonyl (C=O) groups is 1. The van der Waals surface area contributed by atoms with Crippen LogP contribution in [-0.2, 0) is 4.74 Å². The average molecular weight is 381 g/mol. The molecule has 0 spiro atoms. The number of nitrogens with zero attached hydrogens (tertiary/aromatic N) is 4. The third-order valence-corrected chi connectivity index (χ3v) is 5.36. The van der Waals surface area contributed by atoms with Gasteiger partial charge >= 0.3 is 0 Å². The van der Waals surface area contributed by atoms with Crippen molar-refractivity contribution < 1.29 is 9.53 Å². The van der Waals surface area contributed by atoms with Crippen LogP contribution in [0.2, 0.25) is 0 Å². The minimum Gasteiger partial charge on any atom is -0.378 e. The van der Waals surface area contributed by atoms with E-state index >= 15 is 0 Å². The van der Waals surface area contributed by atoms with Crippen LogP contribution in [0.1, 0.15) is 10.4 Å². The van der Waals surface area contributed by atoms with E-state index in [2.05, 4.69) is 44.2 Å². The molecule has 1 aromatic carbocycles. The van der Waals surface area contributed by atoms with Gasteiger partial charge < -0.3 is 24.8 Å². The fourth-order valence-electron chi connectivity index (χ4n) is 3.57. The fourth-order valence-corrected chi connectivity index (χ4v) is 3.57. The summed E-state index contributed by atoms with van der Waals surface area (Å²) in [6, 6.07) is 9.97. The predicted molar refractivity (Wildman–Crippen MR) is 111 cm³/mol. The van der Waals surface area contributed by atoms with Crippen molar-refractivity contribution in [2.75, 3.05) is 74.6 Å². The number of ether oxygens (including phenoxy) is 1. The number of likely N-dealkylation sites (N-methyl/N-ethyl adjacent to an activating group) is 1. The van der Waals surface area contributed by atoms with Crippen molar-refractivity contribution in [2.24, 2.45) is 0 Å². The lowest BCUT2D eigenvalue weighted by molar-refractivity contribution is 0.102. The van der Waals surface area contributed by atoms with Gasteiger partial charge in [-0.25, -0.2) is 0 Å². The van der Waals surface area contributed by atoms with Gasteiger partial charge in [0.1, 0.15) is 0 Å². The summed E-state index contributed by atoms with van der Waals surface area (Å²) in [5, 5.41) is 2.98. The predicted octanol–water partition coefficient (Wildman–Crippen LogP) is 1.92. The Morgan fingerprint density at radius 1 is 0.929 bits per heavy atom. The Morgan fingerprint density at radius 3 is 2.32 bits per heavy atom. The second-order valence-corrected chi connectivity index (χ2v) is 7.32. The highest BCUT2D eigenvalue weighted by Crippen LogP contribution is 2.21. The molecule has 0 radical (unpaired) electrons. The van der Waals surface area contributed by atoms with Gasteiger partial charge in [0.25, 0.3) is 5.91 Å². The number of morpholine rings is 1. The summed E-state index contributed by atoms with van der Waals surface area (Å²) < 4.78 is 5.39. The van der Waals surface area contributed by atoms with Crippen LogP contribution in [0, 0.1) is 0 Å². The summed E-state index contributed by atoms with van der Waals surface area (Å²) in [6.45, 7) is 7.26. The Balaban J connectivity index is 1.39. The Bertz CT molecular complexity index is 797. The van der Waals surface area contributed by atoms with E-state index < -0.39 is 0 Å². The molecule has 2 fully saturated rings. The maximum Gasteiger partial charge on any atom is 0.257 e. The Hall–Kier alpha value is -2.64. The van der Waals surface area contributed by atoms with Crippen LogP contribution in [0.4, 0.5) is 17.1 Å². The molecule has 2 aliphatic heterocycles. The van der Waals surface area contributed by atoms with Crippen LogP contribution in [-0.4, -0.2) is 75.3 Å². The molecule has 0 atom stereocenters. The zero-order valence-corrected chi connectivity index (χ0v) is 16.3. The Morgan fingerprint density at radius 2 is 1.61 bits per heavy atom. The molecule has 7 nitrogen and oxygen atoms in total. The molecular weight excluding hydrogens is 354 g/mol. The molecule has 0 saturated carbocycles. The average Bonchev–Trinajstić information content (AvgIpc) is 2.76. The normalized spacial score (nSPS) is 18.2. The molecule has 2 saturated heterocycles. The van der Waals surface area contributed by atoms with Gasteiger partial charge in [-0.15, -0.1) is 0 Å². The van der Waals surface area contributed by atoms with E-state index in [4.69, 9.17) is 4.74 Å². The van der Waals surface area contributed by atoms with Crippen LogP contribution in [0.5, 0.6) is 0 Å². The highest BCUT2D eigenvalue weighted by molar-refractivity contribution is 6.04. The zero-order chi connectivity index (χ0) is 19.3. The Labute approximate surface area is 165 Å². The molecule has 2 aliphatic rings. The van der Waals surface area contributed by atoms with E-state index in [9.17, 15) is 4.79 Å². The summed E-state index contributed by atoms with van der Waals surface area (Å²) in [5.74, 6) is -0.144. The lowest BCUT2D eigenvalue weighted by Gasteiger charge is -2.34. The first-order valence-electron chi connectivity index (χ1n) is 9.82. The number of nitrogens with one attached hydrogen (secondary N) is 1. The van der Waals surface area contributed by atoms with Crippen LogP contribution in [0.15, 0.2) is 42.7 Å². The van der Waals surface area contributed by atoms with Gasteiger partial charge in [-0.1, -0.05) is 0 Å². The van der Waals surface area contributed by atoms with Crippen molar-refractivity contribution >= 4 is 23.0 Å². The lowest BCUT2D eigenvalue weighted by Crippen LogP contribution is -2.44. The minimum absolute atomic E-state index is 0.144. The third-order valence-electron chi connectivity index (χ3n) is 5.36. The highest BCUT2D eigenvalue weighted by atomic mass is 16.5. The summed E-state index contributed by atoms with van der Waals surface area (Å²) in [6.07, 6.45) is 3.41. The van der Waals surface area contributed by atoms with E-state index in [1.807, 2.05) is 18.2 Å². The number of rotatable bonds is 4. The van der Waals surface area contributed by atoms with Gasteiger partial charge in [-0.3, -0.25) is 9.78 Å². The van der Waals surface area contributed by atoms with Gasteiger partial charge in [-0.2, -0.15) is 0 Å². The number of hydrogen-bond donors (Lipinski definition) is 1. The first-order valence-corrected chi connectivity index (χ1v) is 9.82. The first kappa shape index (κ1) is 18.7. The molecular formula is C21H27N5O2. The second-order valence-electron chi connectivity index (χ2n) is 7.32. The maximum atomic E-state index is 12.7. The molecule has 0 aliphatic carbocycles. The molecule has 1 aromatic heterocycles. The molecule has 148 valence electrons. The van der Waals surface area contributed by atoms with Crippen LogP contribution in [0.25, 0.3) is 0 Å². The number of amides is 1. The van der Waals surface area contributed by atoms with E-state index in [-0.39, 0.29) is 5.91 Å².